The molecule has 1 nitrogen and oxygen atoms in total. The summed E-state index contributed by atoms with van der Waals surface area (Å²) in [4.78, 5) is 4.74. The van der Waals surface area contributed by atoms with Gasteiger partial charge in [-0.3, -0.25) is 0 Å². The Kier molecular flexibility index (Phi) is 4.58. The molecule has 0 radical (unpaired) electrons. The summed E-state index contributed by atoms with van der Waals surface area (Å²) in [6, 6.07) is 20.4. The molecule has 4 aromatic rings. The second kappa shape index (κ2) is 6.78. The number of rotatable bonds is 2. The van der Waals surface area contributed by atoms with Crippen molar-refractivity contribution in [1.82, 2.24) is 4.98 Å². The van der Waals surface area contributed by atoms with Gasteiger partial charge in [-0.2, -0.15) is 0 Å². The maximum atomic E-state index is 4.74. The summed E-state index contributed by atoms with van der Waals surface area (Å²) >= 11 is 0.329. The average molecular weight is 418 g/mol. The third kappa shape index (κ3) is 3.78. The summed E-state index contributed by atoms with van der Waals surface area (Å²) in [5.41, 5.74) is 7.79. The van der Waals surface area contributed by atoms with Gasteiger partial charge in [0.1, 0.15) is 0 Å². The van der Waals surface area contributed by atoms with Gasteiger partial charge in [0, 0.05) is 0 Å². The molecule has 27 heavy (non-hydrogen) atoms. The van der Waals surface area contributed by atoms with E-state index in [4.69, 9.17) is 4.98 Å². The molecular weight excluding hydrogens is 393 g/mol. The molecule has 2 heteroatoms. The summed E-state index contributed by atoms with van der Waals surface area (Å²) in [7, 11) is 0. The van der Waals surface area contributed by atoms with Crippen LogP contribution < -0.4 is 0 Å². The van der Waals surface area contributed by atoms with E-state index in [-0.39, 0.29) is 5.41 Å². The standard InChI is InChI=1S/C25H25NSe/c1-16-10-17(2)12-19(11-16)22-14-24-20(15-26-22)13-23(27-24)18-6-8-21(9-7-18)25(3,4)5/h6-15H,1-5H3. The molecule has 0 N–H and O–H groups in total. The van der Waals surface area contributed by atoms with Gasteiger partial charge in [-0.25, -0.2) is 0 Å². The Morgan fingerprint density at radius 1 is 0.778 bits per heavy atom. The molecule has 0 aliphatic rings. The van der Waals surface area contributed by atoms with Crippen molar-refractivity contribution in [1.29, 1.82) is 0 Å². The number of hydrogen-bond acceptors (Lipinski definition) is 1. The Balaban J connectivity index is 1.72. The number of pyridine rings is 1. The number of fused-ring (bicyclic) bond motifs is 1. The average Bonchev–Trinajstić information content (AvgIpc) is 3.03. The van der Waals surface area contributed by atoms with E-state index in [0.29, 0.717) is 14.5 Å². The van der Waals surface area contributed by atoms with Gasteiger partial charge < -0.3 is 0 Å². The zero-order valence-corrected chi connectivity index (χ0v) is 18.3. The third-order valence-electron chi connectivity index (χ3n) is 4.95. The summed E-state index contributed by atoms with van der Waals surface area (Å²) < 4.78 is 2.87. The Morgan fingerprint density at radius 2 is 1.44 bits per heavy atom. The first-order valence-electron chi connectivity index (χ1n) is 9.39. The fourth-order valence-corrected chi connectivity index (χ4v) is 5.75. The molecule has 0 amide bonds. The molecule has 0 saturated heterocycles. The van der Waals surface area contributed by atoms with Gasteiger partial charge in [-0.1, -0.05) is 0 Å². The van der Waals surface area contributed by atoms with E-state index < -0.39 is 0 Å². The van der Waals surface area contributed by atoms with E-state index in [0.717, 1.165) is 5.69 Å². The molecule has 2 heterocycles. The quantitative estimate of drug-likeness (QED) is 0.337. The predicted molar refractivity (Wildman–Crippen MR) is 118 cm³/mol. The molecule has 0 bridgehead atoms. The molecule has 0 aliphatic carbocycles. The molecule has 0 atom stereocenters. The van der Waals surface area contributed by atoms with Crippen molar-refractivity contribution in [3.8, 4) is 21.3 Å². The van der Waals surface area contributed by atoms with Crippen LogP contribution in [0.15, 0.2) is 60.8 Å². The van der Waals surface area contributed by atoms with Crippen LogP contribution in [0.2, 0.25) is 0 Å². The SMILES string of the molecule is Cc1cc(C)cc(-c2cc3[se]c(-c4ccc(C(C)(C)C)cc4)cc3cn2)c1. The molecule has 2 aromatic heterocycles. The minimum atomic E-state index is 0.196. The van der Waals surface area contributed by atoms with Crippen LogP contribution in [0.1, 0.15) is 37.5 Å². The van der Waals surface area contributed by atoms with Gasteiger partial charge in [-0.15, -0.1) is 0 Å². The fraction of sp³-hybridized carbons (Fsp3) is 0.240. The number of aromatic nitrogens is 1. The Labute approximate surface area is 167 Å². The summed E-state index contributed by atoms with van der Waals surface area (Å²) in [5, 5.41) is 1.28. The molecular formula is C25H25NSe. The Hall–Kier alpha value is -2.15. The molecule has 136 valence electrons. The van der Waals surface area contributed by atoms with E-state index in [1.54, 1.807) is 0 Å². The molecule has 0 aliphatic heterocycles. The van der Waals surface area contributed by atoms with Crippen molar-refractivity contribution >= 4 is 24.1 Å². The van der Waals surface area contributed by atoms with E-state index >= 15 is 0 Å². The number of hydrogen-bond donors (Lipinski definition) is 0. The second-order valence-electron chi connectivity index (χ2n) is 8.42. The van der Waals surface area contributed by atoms with Crippen LogP contribution in [0.4, 0.5) is 0 Å². The van der Waals surface area contributed by atoms with E-state index in [2.05, 4.69) is 89.2 Å². The van der Waals surface area contributed by atoms with Crippen LogP contribution in [0, 0.1) is 13.8 Å². The predicted octanol–water partition coefficient (Wildman–Crippen LogP) is 6.54. The summed E-state index contributed by atoms with van der Waals surface area (Å²) in [5.74, 6) is 0. The zero-order valence-electron chi connectivity index (χ0n) is 16.6. The number of aryl methyl sites for hydroxylation is 2. The molecule has 4 rings (SSSR count). The second-order valence-corrected chi connectivity index (χ2v) is 10.7. The molecule has 0 unspecified atom stereocenters. The first kappa shape index (κ1) is 18.2. The van der Waals surface area contributed by atoms with Gasteiger partial charge in [0.15, 0.2) is 0 Å². The van der Waals surface area contributed by atoms with Crippen molar-refractivity contribution in [3.05, 3.63) is 77.5 Å². The molecule has 0 saturated carbocycles. The normalized spacial score (nSPS) is 11.9. The van der Waals surface area contributed by atoms with Crippen LogP contribution in [0.5, 0.6) is 0 Å². The van der Waals surface area contributed by atoms with Crippen molar-refractivity contribution in [3.63, 3.8) is 0 Å². The van der Waals surface area contributed by atoms with Crippen LogP contribution in [-0.2, 0) is 5.41 Å². The van der Waals surface area contributed by atoms with Crippen LogP contribution >= 0.6 is 0 Å². The van der Waals surface area contributed by atoms with Gasteiger partial charge in [-0.05, 0) is 0 Å². The molecule has 0 spiro atoms. The van der Waals surface area contributed by atoms with Crippen molar-refractivity contribution in [2.24, 2.45) is 0 Å². The van der Waals surface area contributed by atoms with Crippen molar-refractivity contribution in [2.75, 3.05) is 0 Å². The third-order valence-corrected chi connectivity index (χ3v) is 7.36. The number of benzene rings is 2. The number of nitrogens with zero attached hydrogens (tertiary/aromatic N) is 1. The van der Waals surface area contributed by atoms with Gasteiger partial charge >= 0.3 is 168 Å². The monoisotopic (exact) mass is 419 g/mol. The fourth-order valence-electron chi connectivity index (χ4n) is 3.49. The van der Waals surface area contributed by atoms with Crippen LogP contribution in [-0.4, -0.2) is 19.5 Å². The van der Waals surface area contributed by atoms with Crippen LogP contribution in [0.25, 0.3) is 30.9 Å². The Bertz CT molecular complexity index is 1090. The molecule has 2 aromatic carbocycles. The van der Waals surface area contributed by atoms with E-state index in [1.165, 1.54) is 41.9 Å². The van der Waals surface area contributed by atoms with Gasteiger partial charge in [0.25, 0.3) is 0 Å². The van der Waals surface area contributed by atoms with Crippen molar-refractivity contribution < 1.29 is 0 Å². The van der Waals surface area contributed by atoms with E-state index in [9.17, 15) is 0 Å². The van der Waals surface area contributed by atoms with Gasteiger partial charge in [0.05, 0.1) is 0 Å². The first-order valence-corrected chi connectivity index (χ1v) is 11.1. The zero-order chi connectivity index (χ0) is 19.2. The molecule has 0 fully saturated rings. The summed E-state index contributed by atoms with van der Waals surface area (Å²) in [6.07, 6.45) is 2.04. The van der Waals surface area contributed by atoms with Crippen molar-refractivity contribution in [2.45, 2.75) is 40.0 Å². The van der Waals surface area contributed by atoms with Crippen LogP contribution in [0.3, 0.4) is 0 Å². The maximum absolute atomic E-state index is 4.74. The van der Waals surface area contributed by atoms with Gasteiger partial charge in [0.2, 0.25) is 0 Å². The first-order chi connectivity index (χ1) is 12.8. The topological polar surface area (TPSA) is 12.9 Å². The van der Waals surface area contributed by atoms with E-state index in [1.807, 2.05) is 6.20 Å². The Morgan fingerprint density at radius 3 is 2.07 bits per heavy atom. The minimum absolute atomic E-state index is 0.196. The summed E-state index contributed by atoms with van der Waals surface area (Å²) in [6.45, 7) is 11.1.